The van der Waals surface area contributed by atoms with Crippen LogP contribution in [0.2, 0.25) is 0 Å². The van der Waals surface area contributed by atoms with Crippen LogP contribution < -0.4 is 0 Å². The maximum absolute atomic E-state index is 9.22. The summed E-state index contributed by atoms with van der Waals surface area (Å²) in [6, 6.07) is 0. The van der Waals surface area contributed by atoms with Gasteiger partial charge in [-0.05, 0) is 0 Å². The molecule has 5 nitrogen and oxygen atoms in total. The van der Waals surface area contributed by atoms with Gasteiger partial charge in [-0.1, -0.05) is 6.92 Å². The molecule has 1 aliphatic rings. The van der Waals surface area contributed by atoms with Gasteiger partial charge in [-0.2, -0.15) is 0 Å². The van der Waals surface area contributed by atoms with Crippen LogP contribution in [-0.2, 0) is 0 Å². The molecule has 1 rings (SSSR count). The van der Waals surface area contributed by atoms with Crippen molar-refractivity contribution in [3.63, 3.8) is 0 Å². The van der Waals surface area contributed by atoms with Gasteiger partial charge in [0.25, 0.3) is 0 Å². The Hall–Kier alpha value is -0.200. The van der Waals surface area contributed by atoms with Crippen molar-refractivity contribution in [2.45, 2.75) is 37.4 Å². The van der Waals surface area contributed by atoms with Crippen LogP contribution in [0, 0.1) is 5.92 Å². The summed E-state index contributed by atoms with van der Waals surface area (Å²) in [6.45, 7) is 1.49. The molecule has 5 heteroatoms. The molecule has 0 aromatic heterocycles. The van der Waals surface area contributed by atoms with Crippen molar-refractivity contribution in [2.24, 2.45) is 5.92 Å². The minimum atomic E-state index is -1.48. The lowest BCUT2D eigenvalue weighted by atomic mass is 9.80. The molecule has 5 N–H and O–H groups in total. The highest BCUT2D eigenvalue weighted by atomic mass is 16.4. The third kappa shape index (κ3) is 1.34. The fourth-order valence-corrected chi connectivity index (χ4v) is 1.43. The van der Waals surface area contributed by atoms with Gasteiger partial charge in [0.1, 0.15) is 18.3 Å². The van der Waals surface area contributed by atoms with E-state index in [1.165, 1.54) is 6.92 Å². The molecule has 0 aromatic carbocycles. The zero-order valence-corrected chi connectivity index (χ0v) is 6.70. The summed E-state index contributed by atoms with van der Waals surface area (Å²) in [7, 11) is 0. The van der Waals surface area contributed by atoms with Crippen molar-refractivity contribution >= 4 is 0 Å². The second-order valence-corrected chi connectivity index (χ2v) is 3.31. The first-order chi connectivity index (χ1) is 5.46. The van der Waals surface area contributed by atoms with E-state index in [9.17, 15) is 10.2 Å². The molecule has 0 aliphatic heterocycles. The molecule has 0 spiro atoms. The van der Waals surface area contributed by atoms with E-state index < -0.39 is 36.4 Å². The fraction of sp³-hybridized carbons (Fsp3) is 1.00. The number of hydrogen-bond acceptors (Lipinski definition) is 5. The quantitative estimate of drug-likeness (QED) is 0.281. The van der Waals surface area contributed by atoms with E-state index in [0.29, 0.717) is 0 Å². The first kappa shape index (κ1) is 9.88. The highest BCUT2D eigenvalue weighted by Crippen LogP contribution is 2.25. The molecular weight excluding hydrogens is 164 g/mol. The third-order valence-corrected chi connectivity index (χ3v) is 2.48. The van der Waals surface area contributed by atoms with Gasteiger partial charge in [0, 0.05) is 5.92 Å². The second kappa shape index (κ2) is 3.27. The van der Waals surface area contributed by atoms with Crippen molar-refractivity contribution in [2.75, 3.05) is 0 Å². The van der Waals surface area contributed by atoms with Gasteiger partial charge in [-0.15, -0.1) is 0 Å². The van der Waals surface area contributed by atoms with Gasteiger partial charge in [-0.25, -0.2) is 0 Å². The predicted octanol–water partition coefficient (Wildman–Crippen LogP) is -2.56. The minimum absolute atomic E-state index is 0.640. The molecule has 4 unspecified atom stereocenters. The molecule has 1 aliphatic carbocycles. The summed E-state index contributed by atoms with van der Waals surface area (Å²) >= 11 is 0. The summed E-state index contributed by atoms with van der Waals surface area (Å²) in [4.78, 5) is 0. The Balaban J connectivity index is 2.76. The first-order valence-corrected chi connectivity index (χ1v) is 3.87. The smallest absolute Gasteiger partial charge is 0.111 e. The standard InChI is InChI=1S/C7H14O5/c1-2-3(8)5(10)7(12)6(11)4(2)9/h2-12H,1H3/t2-,3?,4?,5?,6?,7+. The number of hydrogen-bond donors (Lipinski definition) is 5. The minimum Gasteiger partial charge on any atom is -0.390 e. The fourth-order valence-electron chi connectivity index (χ4n) is 1.43. The average molecular weight is 178 g/mol. The molecule has 0 heterocycles. The molecule has 4 atom stereocenters. The van der Waals surface area contributed by atoms with E-state index in [0.717, 1.165) is 0 Å². The Labute approximate surface area is 69.9 Å². The molecule has 72 valence electrons. The van der Waals surface area contributed by atoms with E-state index in [2.05, 4.69) is 0 Å². The third-order valence-electron chi connectivity index (χ3n) is 2.48. The lowest BCUT2D eigenvalue weighted by Gasteiger charge is -2.40. The second-order valence-electron chi connectivity index (χ2n) is 3.31. The molecule has 1 saturated carbocycles. The highest BCUT2D eigenvalue weighted by Gasteiger charge is 2.45. The van der Waals surface area contributed by atoms with Gasteiger partial charge in [-0.3, -0.25) is 0 Å². The Morgan fingerprint density at radius 3 is 1.17 bits per heavy atom. The summed E-state index contributed by atoms with van der Waals surface area (Å²) in [5, 5.41) is 45.8. The Morgan fingerprint density at radius 1 is 0.583 bits per heavy atom. The maximum atomic E-state index is 9.22. The van der Waals surface area contributed by atoms with E-state index in [1.807, 2.05) is 0 Å². The van der Waals surface area contributed by atoms with Crippen molar-refractivity contribution in [3.8, 4) is 0 Å². The zero-order valence-electron chi connectivity index (χ0n) is 6.70. The lowest BCUT2D eigenvalue weighted by Crippen LogP contribution is -2.60. The van der Waals surface area contributed by atoms with Crippen LogP contribution in [0.25, 0.3) is 0 Å². The Morgan fingerprint density at radius 2 is 0.833 bits per heavy atom. The van der Waals surface area contributed by atoms with Gasteiger partial charge in [0.15, 0.2) is 0 Å². The zero-order chi connectivity index (χ0) is 9.46. The highest BCUT2D eigenvalue weighted by molar-refractivity contribution is 4.96. The average Bonchev–Trinajstić information content (AvgIpc) is 2.08. The van der Waals surface area contributed by atoms with Crippen LogP contribution in [-0.4, -0.2) is 56.1 Å². The molecule has 0 radical (unpaired) electrons. The SMILES string of the molecule is C[C@H]1C(O)C(O)[C@@H](O)C(O)C1O. The van der Waals surface area contributed by atoms with E-state index >= 15 is 0 Å². The van der Waals surface area contributed by atoms with E-state index in [1.54, 1.807) is 0 Å². The molecule has 0 bridgehead atoms. The Bertz CT molecular complexity index is 103. The number of aliphatic hydroxyl groups is 5. The number of aliphatic hydroxyl groups excluding tert-OH is 5. The lowest BCUT2D eigenvalue weighted by molar-refractivity contribution is -0.200. The van der Waals surface area contributed by atoms with Gasteiger partial charge in [0.2, 0.25) is 0 Å². The van der Waals surface area contributed by atoms with Crippen LogP contribution in [0.15, 0.2) is 0 Å². The van der Waals surface area contributed by atoms with Crippen LogP contribution in [0.4, 0.5) is 0 Å². The molecule has 12 heavy (non-hydrogen) atoms. The van der Waals surface area contributed by atoms with Crippen LogP contribution >= 0.6 is 0 Å². The molecule has 0 saturated heterocycles. The summed E-state index contributed by atoms with van der Waals surface area (Å²) in [6.07, 6.45) is -6.65. The van der Waals surface area contributed by atoms with Crippen LogP contribution in [0.1, 0.15) is 6.92 Å². The van der Waals surface area contributed by atoms with Crippen molar-refractivity contribution in [3.05, 3.63) is 0 Å². The van der Waals surface area contributed by atoms with Crippen LogP contribution in [0.3, 0.4) is 0 Å². The summed E-state index contributed by atoms with van der Waals surface area (Å²) in [5.74, 6) is -0.640. The molecule has 0 aromatic rings. The largest absolute Gasteiger partial charge is 0.390 e. The van der Waals surface area contributed by atoms with Crippen LogP contribution in [0.5, 0.6) is 0 Å². The van der Waals surface area contributed by atoms with Gasteiger partial charge < -0.3 is 25.5 Å². The van der Waals surface area contributed by atoms with E-state index in [4.69, 9.17) is 15.3 Å². The Kier molecular flexibility index (Phi) is 2.70. The normalized spacial score (nSPS) is 55.5. The van der Waals surface area contributed by atoms with Crippen molar-refractivity contribution in [1.29, 1.82) is 0 Å². The predicted molar refractivity (Wildman–Crippen MR) is 39.2 cm³/mol. The van der Waals surface area contributed by atoms with Crippen molar-refractivity contribution in [1.82, 2.24) is 0 Å². The first-order valence-electron chi connectivity index (χ1n) is 3.87. The summed E-state index contributed by atoms with van der Waals surface area (Å²) < 4.78 is 0. The molecule has 0 amide bonds. The van der Waals surface area contributed by atoms with E-state index in [-0.39, 0.29) is 0 Å². The topological polar surface area (TPSA) is 101 Å². The maximum Gasteiger partial charge on any atom is 0.111 e. The van der Waals surface area contributed by atoms with Crippen molar-refractivity contribution < 1.29 is 25.5 Å². The number of rotatable bonds is 0. The molecular formula is C7H14O5. The molecule has 1 fully saturated rings. The van der Waals surface area contributed by atoms with Gasteiger partial charge >= 0.3 is 0 Å². The van der Waals surface area contributed by atoms with Gasteiger partial charge in [0.05, 0.1) is 12.2 Å². The summed E-state index contributed by atoms with van der Waals surface area (Å²) in [5.41, 5.74) is 0. The monoisotopic (exact) mass is 178 g/mol.